The minimum atomic E-state index is -0.463. The van der Waals surface area contributed by atoms with Crippen molar-refractivity contribution in [2.24, 2.45) is 7.05 Å². The van der Waals surface area contributed by atoms with Gasteiger partial charge in [-0.15, -0.1) is 0 Å². The van der Waals surface area contributed by atoms with Crippen molar-refractivity contribution in [3.8, 4) is 0 Å². The molecule has 0 amide bonds. The van der Waals surface area contributed by atoms with Gasteiger partial charge in [0, 0.05) is 44.8 Å². The zero-order chi connectivity index (χ0) is 22.9. The van der Waals surface area contributed by atoms with Gasteiger partial charge < -0.3 is 4.90 Å². The number of H-pyrrole nitrogens is 1. The van der Waals surface area contributed by atoms with Gasteiger partial charge >= 0.3 is 5.69 Å². The van der Waals surface area contributed by atoms with Crippen molar-refractivity contribution in [1.82, 2.24) is 24.0 Å². The van der Waals surface area contributed by atoms with Crippen LogP contribution in [-0.4, -0.2) is 50.2 Å². The fourth-order valence-corrected chi connectivity index (χ4v) is 4.59. The highest BCUT2D eigenvalue weighted by Gasteiger charge is 2.25. The van der Waals surface area contributed by atoms with Gasteiger partial charge in [-0.05, 0) is 23.3 Å². The standard InChI is InChI=1S/C24H25ClN6O2/c1-28-21-20(22(32)27-24(28)33)31(16-17-6-3-2-4-7-17)23(26-21)30-12-10-29(11-13-30)15-18-8-5-9-19(25)14-18/h2-9,14H,10-13,15-16H2,1H3,(H,27,32,33). The lowest BCUT2D eigenvalue weighted by molar-refractivity contribution is 0.248. The third-order valence-corrected chi connectivity index (χ3v) is 6.36. The average molecular weight is 465 g/mol. The number of fused-ring (bicyclic) bond motifs is 1. The molecule has 0 saturated carbocycles. The van der Waals surface area contributed by atoms with Crippen LogP contribution in [0, 0.1) is 0 Å². The van der Waals surface area contributed by atoms with E-state index in [1.54, 1.807) is 7.05 Å². The summed E-state index contributed by atoms with van der Waals surface area (Å²) < 4.78 is 3.33. The van der Waals surface area contributed by atoms with Crippen molar-refractivity contribution < 1.29 is 0 Å². The van der Waals surface area contributed by atoms with Gasteiger partial charge in [0.05, 0.1) is 6.54 Å². The van der Waals surface area contributed by atoms with Crippen LogP contribution >= 0.6 is 11.6 Å². The Kier molecular flexibility index (Phi) is 5.78. The summed E-state index contributed by atoms with van der Waals surface area (Å²) >= 11 is 6.13. The maximum atomic E-state index is 12.8. The Labute approximate surface area is 195 Å². The molecule has 9 heteroatoms. The summed E-state index contributed by atoms with van der Waals surface area (Å²) in [6.45, 7) is 4.58. The molecule has 1 fully saturated rings. The summed E-state index contributed by atoms with van der Waals surface area (Å²) in [7, 11) is 1.63. The van der Waals surface area contributed by atoms with E-state index in [2.05, 4.69) is 20.9 Å². The zero-order valence-electron chi connectivity index (χ0n) is 18.4. The number of anilines is 1. The molecule has 2 aromatic heterocycles. The smallest absolute Gasteiger partial charge is 0.329 e. The zero-order valence-corrected chi connectivity index (χ0v) is 19.1. The van der Waals surface area contributed by atoms with Crippen LogP contribution in [0.5, 0.6) is 0 Å². The Morgan fingerprint density at radius 1 is 0.939 bits per heavy atom. The van der Waals surface area contributed by atoms with Crippen LogP contribution in [-0.2, 0) is 20.1 Å². The molecule has 8 nitrogen and oxygen atoms in total. The van der Waals surface area contributed by atoms with Crippen LogP contribution < -0.4 is 16.1 Å². The largest absolute Gasteiger partial charge is 0.340 e. The number of nitrogens with zero attached hydrogens (tertiary/aromatic N) is 5. The number of aromatic nitrogens is 4. The number of aryl methyl sites for hydroxylation is 1. The Balaban J connectivity index is 1.46. The molecule has 2 aromatic carbocycles. The third kappa shape index (κ3) is 4.31. The quantitative estimate of drug-likeness (QED) is 0.491. The monoisotopic (exact) mass is 464 g/mol. The molecule has 1 N–H and O–H groups in total. The maximum Gasteiger partial charge on any atom is 0.329 e. The summed E-state index contributed by atoms with van der Waals surface area (Å²) in [5.74, 6) is 0.711. The first kappa shape index (κ1) is 21.5. The number of hydrogen-bond acceptors (Lipinski definition) is 5. The van der Waals surface area contributed by atoms with Crippen molar-refractivity contribution >= 4 is 28.7 Å². The van der Waals surface area contributed by atoms with Crippen molar-refractivity contribution in [2.45, 2.75) is 13.1 Å². The van der Waals surface area contributed by atoms with Gasteiger partial charge in [-0.3, -0.25) is 23.8 Å². The van der Waals surface area contributed by atoms with Crippen LogP contribution in [0.1, 0.15) is 11.1 Å². The van der Waals surface area contributed by atoms with Crippen LogP contribution in [0.2, 0.25) is 5.02 Å². The van der Waals surface area contributed by atoms with Gasteiger partial charge in [0.1, 0.15) is 0 Å². The molecule has 33 heavy (non-hydrogen) atoms. The van der Waals surface area contributed by atoms with E-state index < -0.39 is 11.2 Å². The first-order chi connectivity index (χ1) is 16.0. The number of piperazine rings is 1. The molecule has 1 saturated heterocycles. The molecule has 0 aliphatic carbocycles. The highest BCUT2D eigenvalue weighted by Crippen LogP contribution is 2.23. The van der Waals surface area contributed by atoms with Gasteiger partial charge in [-0.25, -0.2) is 4.79 Å². The fraction of sp³-hybridized carbons (Fsp3) is 0.292. The first-order valence-electron chi connectivity index (χ1n) is 10.9. The van der Waals surface area contributed by atoms with E-state index in [-0.39, 0.29) is 0 Å². The Hall–Kier alpha value is -3.36. The predicted octanol–water partition coefficient (Wildman–Crippen LogP) is 2.45. The Bertz CT molecular complexity index is 1400. The molecule has 1 aliphatic rings. The van der Waals surface area contributed by atoms with Crippen LogP contribution in [0.4, 0.5) is 5.95 Å². The van der Waals surface area contributed by atoms with Crippen molar-refractivity contribution in [2.75, 3.05) is 31.1 Å². The molecule has 1 aliphatic heterocycles. The normalized spacial score (nSPS) is 14.8. The second-order valence-corrected chi connectivity index (χ2v) is 8.80. The molecule has 0 spiro atoms. The van der Waals surface area contributed by atoms with Crippen LogP contribution in [0.15, 0.2) is 64.2 Å². The lowest BCUT2D eigenvalue weighted by atomic mass is 10.2. The summed E-state index contributed by atoms with van der Waals surface area (Å²) in [5.41, 5.74) is 2.19. The highest BCUT2D eigenvalue weighted by molar-refractivity contribution is 6.30. The topological polar surface area (TPSA) is 79.2 Å². The van der Waals surface area contributed by atoms with Crippen molar-refractivity contribution in [3.05, 3.63) is 91.6 Å². The number of rotatable bonds is 5. The second kappa shape index (κ2) is 8.88. The van der Waals surface area contributed by atoms with E-state index in [9.17, 15) is 9.59 Å². The number of nitrogens with one attached hydrogen (secondary N) is 1. The maximum absolute atomic E-state index is 12.8. The number of benzene rings is 2. The van der Waals surface area contributed by atoms with Crippen LogP contribution in [0.25, 0.3) is 11.2 Å². The molecule has 0 unspecified atom stereocenters. The lowest BCUT2D eigenvalue weighted by Crippen LogP contribution is -2.46. The van der Waals surface area contributed by atoms with Crippen molar-refractivity contribution in [3.63, 3.8) is 0 Å². The van der Waals surface area contributed by atoms with Crippen molar-refractivity contribution in [1.29, 1.82) is 0 Å². The molecule has 5 rings (SSSR count). The molecular weight excluding hydrogens is 440 g/mol. The van der Waals surface area contributed by atoms with Gasteiger partial charge in [0.2, 0.25) is 5.95 Å². The molecule has 0 bridgehead atoms. The van der Waals surface area contributed by atoms with E-state index in [0.717, 1.165) is 43.3 Å². The molecule has 4 aromatic rings. The van der Waals surface area contributed by atoms with E-state index >= 15 is 0 Å². The van der Waals surface area contributed by atoms with E-state index in [1.165, 1.54) is 10.1 Å². The lowest BCUT2D eigenvalue weighted by Gasteiger charge is -2.35. The fourth-order valence-electron chi connectivity index (χ4n) is 4.38. The molecule has 0 radical (unpaired) electrons. The van der Waals surface area contributed by atoms with Gasteiger partial charge in [-0.2, -0.15) is 4.98 Å². The number of hydrogen-bond donors (Lipinski definition) is 1. The summed E-state index contributed by atoms with van der Waals surface area (Å²) in [6.07, 6.45) is 0. The number of imidazole rings is 1. The third-order valence-electron chi connectivity index (χ3n) is 6.12. The predicted molar refractivity (Wildman–Crippen MR) is 130 cm³/mol. The summed E-state index contributed by atoms with van der Waals surface area (Å²) in [6, 6.07) is 17.9. The molecule has 0 atom stereocenters. The SMILES string of the molecule is Cn1c(=O)[nH]c(=O)c2c1nc(N1CCN(Cc3cccc(Cl)c3)CC1)n2Cc1ccccc1. The van der Waals surface area contributed by atoms with Gasteiger partial charge in [0.25, 0.3) is 5.56 Å². The summed E-state index contributed by atoms with van der Waals surface area (Å²) in [5, 5.41) is 0.747. The van der Waals surface area contributed by atoms with E-state index in [4.69, 9.17) is 16.6 Å². The first-order valence-corrected chi connectivity index (χ1v) is 11.3. The Morgan fingerprint density at radius 3 is 2.39 bits per heavy atom. The highest BCUT2D eigenvalue weighted by atomic mass is 35.5. The molecule has 3 heterocycles. The van der Waals surface area contributed by atoms with Crippen LogP contribution in [0.3, 0.4) is 0 Å². The minimum absolute atomic E-state index is 0.399. The van der Waals surface area contributed by atoms with Gasteiger partial charge in [-0.1, -0.05) is 54.1 Å². The van der Waals surface area contributed by atoms with E-state index in [0.29, 0.717) is 23.7 Å². The Morgan fingerprint density at radius 2 is 1.67 bits per heavy atom. The minimum Gasteiger partial charge on any atom is -0.340 e. The van der Waals surface area contributed by atoms with Gasteiger partial charge in [0.15, 0.2) is 11.2 Å². The summed E-state index contributed by atoms with van der Waals surface area (Å²) in [4.78, 5) is 36.7. The second-order valence-electron chi connectivity index (χ2n) is 8.37. The van der Waals surface area contributed by atoms with E-state index in [1.807, 2.05) is 53.1 Å². The number of aromatic amines is 1. The molecule has 170 valence electrons. The number of halogens is 1. The molecular formula is C24H25ClN6O2. The average Bonchev–Trinajstić information content (AvgIpc) is 3.19.